The summed E-state index contributed by atoms with van der Waals surface area (Å²) in [5.41, 5.74) is 6.28. The molecule has 2 amide bonds. The second kappa shape index (κ2) is 7.17. The van der Waals surface area contributed by atoms with Gasteiger partial charge < -0.3 is 15.2 Å². The minimum atomic E-state index is -1.08. The van der Waals surface area contributed by atoms with Gasteiger partial charge in [-0.05, 0) is 29.8 Å². The van der Waals surface area contributed by atoms with Gasteiger partial charge in [0, 0.05) is 11.8 Å². The molecule has 2 atom stereocenters. The van der Waals surface area contributed by atoms with E-state index in [-0.39, 0.29) is 17.4 Å². The molecule has 1 aromatic heterocycles. The minimum absolute atomic E-state index is 0.0636. The highest BCUT2D eigenvalue weighted by Crippen LogP contribution is 2.37. The maximum Gasteiger partial charge on any atom is 0.411 e. The molecule has 1 aromatic carbocycles. The maximum absolute atomic E-state index is 13.6. The van der Waals surface area contributed by atoms with E-state index in [0.717, 1.165) is 0 Å². The summed E-state index contributed by atoms with van der Waals surface area (Å²) in [6, 6.07) is 6.71. The van der Waals surface area contributed by atoms with E-state index in [2.05, 4.69) is 4.98 Å². The Hall–Kier alpha value is -2.87. The van der Waals surface area contributed by atoms with E-state index in [4.69, 9.17) is 26.8 Å². The summed E-state index contributed by atoms with van der Waals surface area (Å²) in [5.74, 6) is -1.07. The van der Waals surface area contributed by atoms with Gasteiger partial charge in [-0.15, -0.1) is 0 Å². The fourth-order valence-electron chi connectivity index (χ4n) is 2.83. The lowest BCUT2D eigenvalue weighted by atomic mass is 9.97. The molecule has 0 bridgehead atoms. The average molecular weight is 380 g/mol. The zero-order chi connectivity index (χ0) is 18.8. The second-order valence-corrected chi connectivity index (χ2v) is 6.01. The van der Waals surface area contributed by atoms with Gasteiger partial charge in [0.1, 0.15) is 5.82 Å². The molecule has 1 aliphatic rings. The lowest BCUT2D eigenvalue weighted by Gasteiger charge is -2.27. The number of pyridine rings is 1. The predicted molar refractivity (Wildman–Crippen MR) is 90.2 cm³/mol. The Bertz CT molecular complexity index is 864. The number of methoxy groups -OCH3 is 1. The van der Waals surface area contributed by atoms with Crippen molar-refractivity contribution in [3.8, 4) is 5.88 Å². The van der Waals surface area contributed by atoms with E-state index >= 15 is 0 Å². The van der Waals surface area contributed by atoms with Crippen molar-refractivity contribution in [3.05, 3.63) is 58.5 Å². The zero-order valence-corrected chi connectivity index (χ0v) is 14.4. The molecule has 1 fully saturated rings. The Morgan fingerprint density at radius 2 is 2.27 bits per heavy atom. The number of amides is 2. The summed E-state index contributed by atoms with van der Waals surface area (Å²) < 4.78 is 23.9. The quantitative estimate of drug-likeness (QED) is 0.860. The van der Waals surface area contributed by atoms with Crippen LogP contribution in [0.2, 0.25) is 5.02 Å². The number of carbonyl (C=O) groups excluding carboxylic acids is 2. The van der Waals surface area contributed by atoms with Gasteiger partial charge in [-0.1, -0.05) is 17.7 Å². The van der Waals surface area contributed by atoms with Crippen molar-refractivity contribution in [3.63, 3.8) is 0 Å². The van der Waals surface area contributed by atoms with Crippen LogP contribution in [0.1, 0.15) is 17.2 Å². The van der Waals surface area contributed by atoms with E-state index in [0.29, 0.717) is 11.1 Å². The van der Waals surface area contributed by atoms with Crippen LogP contribution in [0, 0.1) is 5.82 Å². The second-order valence-electron chi connectivity index (χ2n) is 5.61. The van der Waals surface area contributed by atoms with Crippen molar-refractivity contribution in [1.29, 1.82) is 0 Å². The van der Waals surface area contributed by atoms with Crippen LogP contribution in [0.15, 0.2) is 36.5 Å². The lowest BCUT2D eigenvalue weighted by molar-refractivity contribution is -0.124. The molecule has 7 nitrogen and oxygen atoms in total. The standard InChI is InChI=1S/C17H15ClFN3O4/c1-25-16-10(3-2-6-21-16)14(9-4-5-12(19)11(18)7-9)22-8-13(15(20)23)26-17(22)24/h2-7,13-14H,8H2,1H3,(H2,20,23)/t13?,14-/m1/s1. The number of cyclic esters (lactones) is 1. The summed E-state index contributed by atoms with van der Waals surface area (Å²) in [6.45, 7) is -0.0636. The van der Waals surface area contributed by atoms with E-state index in [9.17, 15) is 14.0 Å². The molecule has 1 unspecified atom stereocenters. The van der Waals surface area contributed by atoms with Crippen molar-refractivity contribution in [1.82, 2.24) is 9.88 Å². The Morgan fingerprint density at radius 3 is 2.88 bits per heavy atom. The summed E-state index contributed by atoms with van der Waals surface area (Å²) in [4.78, 5) is 29.2. The summed E-state index contributed by atoms with van der Waals surface area (Å²) >= 11 is 5.91. The molecule has 2 aromatic rings. The highest BCUT2D eigenvalue weighted by atomic mass is 35.5. The molecule has 136 valence electrons. The SMILES string of the molecule is COc1ncccc1[C@@H](c1ccc(F)c(Cl)c1)N1CC(C(N)=O)OC1=O. The molecular weight excluding hydrogens is 365 g/mol. The topological polar surface area (TPSA) is 94.8 Å². The van der Waals surface area contributed by atoms with E-state index < -0.39 is 30.0 Å². The van der Waals surface area contributed by atoms with Crippen LogP contribution in [-0.2, 0) is 9.53 Å². The number of hydrogen-bond acceptors (Lipinski definition) is 5. The third-order valence-corrected chi connectivity index (χ3v) is 4.31. The number of rotatable bonds is 5. The van der Waals surface area contributed by atoms with Crippen LogP contribution in [0.3, 0.4) is 0 Å². The van der Waals surface area contributed by atoms with Gasteiger partial charge in [-0.2, -0.15) is 0 Å². The molecule has 1 aliphatic heterocycles. The largest absolute Gasteiger partial charge is 0.481 e. The third kappa shape index (κ3) is 3.28. The minimum Gasteiger partial charge on any atom is -0.481 e. The number of hydrogen-bond donors (Lipinski definition) is 1. The smallest absolute Gasteiger partial charge is 0.411 e. The van der Waals surface area contributed by atoms with Gasteiger partial charge in [0.15, 0.2) is 6.10 Å². The first-order chi connectivity index (χ1) is 12.4. The zero-order valence-electron chi connectivity index (χ0n) is 13.7. The first-order valence-electron chi connectivity index (χ1n) is 7.62. The number of halogens is 2. The molecule has 2 heterocycles. The highest BCUT2D eigenvalue weighted by molar-refractivity contribution is 6.30. The fourth-order valence-corrected chi connectivity index (χ4v) is 3.02. The molecule has 9 heteroatoms. The van der Waals surface area contributed by atoms with Gasteiger partial charge in [0.2, 0.25) is 5.88 Å². The maximum atomic E-state index is 13.6. The van der Waals surface area contributed by atoms with Crippen LogP contribution < -0.4 is 10.5 Å². The molecule has 3 rings (SSSR count). The predicted octanol–water partition coefficient (Wildman–Crippen LogP) is 2.28. The molecule has 2 N–H and O–H groups in total. The van der Waals surface area contributed by atoms with Crippen molar-refractivity contribution < 1.29 is 23.5 Å². The van der Waals surface area contributed by atoms with E-state index in [1.54, 1.807) is 12.1 Å². The summed E-state index contributed by atoms with van der Waals surface area (Å²) in [7, 11) is 1.44. The molecule has 0 aliphatic carbocycles. The monoisotopic (exact) mass is 379 g/mol. The number of primary amides is 1. The van der Waals surface area contributed by atoms with Gasteiger partial charge >= 0.3 is 6.09 Å². The lowest BCUT2D eigenvalue weighted by Crippen LogP contribution is -2.35. The van der Waals surface area contributed by atoms with Crippen LogP contribution in [-0.4, -0.2) is 41.6 Å². The number of benzene rings is 1. The number of nitrogens with two attached hydrogens (primary N) is 1. The highest BCUT2D eigenvalue weighted by Gasteiger charge is 2.41. The van der Waals surface area contributed by atoms with Crippen molar-refractivity contribution in [2.45, 2.75) is 12.1 Å². The van der Waals surface area contributed by atoms with Crippen LogP contribution in [0.5, 0.6) is 5.88 Å². The van der Waals surface area contributed by atoms with Crippen molar-refractivity contribution in [2.75, 3.05) is 13.7 Å². The molecule has 26 heavy (non-hydrogen) atoms. The molecule has 1 saturated heterocycles. The molecule has 0 saturated carbocycles. The Labute approximate surface area is 153 Å². The van der Waals surface area contributed by atoms with Crippen molar-refractivity contribution in [2.24, 2.45) is 5.73 Å². The molecular formula is C17H15ClFN3O4. The van der Waals surface area contributed by atoms with E-state index in [1.165, 1.54) is 36.4 Å². The third-order valence-electron chi connectivity index (χ3n) is 4.02. The van der Waals surface area contributed by atoms with Gasteiger partial charge in [-0.25, -0.2) is 14.2 Å². The van der Waals surface area contributed by atoms with Gasteiger partial charge in [0.25, 0.3) is 5.91 Å². The number of ether oxygens (including phenoxy) is 2. The number of nitrogens with zero attached hydrogens (tertiary/aromatic N) is 2. The van der Waals surface area contributed by atoms with Crippen LogP contribution >= 0.6 is 11.6 Å². The molecule has 0 radical (unpaired) electrons. The van der Waals surface area contributed by atoms with Crippen LogP contribution in [0.4, 0.5) is 9.18 Å². The summed E-state index contributed by atoms with van der Waals surface area (Å²) in [5, 5.41) is -0.102. The normalized spacial score (nSPS) is 17.7. The molecule has 0 spiro atoms. The summed E-state index contributed by atoms with van der Waals surface area (Å²) in [6.07, 6.45) is -0.278. The van der Waals surface area contributed by atoms with Gasteiger partial charge in [0.05, 0.1) is 24.7 Å². The number of carbonyl (C=O) groups is 2. The fraction of sp³-hybridized carbons (Fsp3) is 0.235. The average Bonchev–Trinajstić information content (AvgIpc) is 3.01. The Morgan fingerprint density at radius 1 is 1.50 bits per heavy atom. The first-order valence-corrected chi connectivity index (χ1v) is 8.00. The van der Waals surface area contributed by atoms with Crippen LogP contribution in [0.25, 0.3) is 0 Å². The first kappa shape index (κ1) is 17.9. The Kier molecular flexibility index (Phi) is 4.94. The van der Waals surface area contributed by atoms with Gasteiger partial charge in [-0.3, -0.25) is 9.69 Å². The van der Waals surface area contributed by atoms with Crippen molar-refractivity contribution >= 4 is 23.6 Å². The number of aromatic nitrogens is 1. The van der Waals surface area contributed by atoms with E-state index in [1.807, 2.05) is 0 Å². The Balaban J connectivity index is 2.12.